The van der Waals surface area contributed by atoms with E-state index >= 15 is 0 Å². The maximum atomic E-state index is 6.14. The first kappa shape index (κ1) is 11.3. The van der Waals surface area contributed by atoms with E-state index in [9.17, 15) is 0 Å². The summed E-state index contributed by atoms with van der Waals surface area (Å²) in [5, 5.41) is 4.14. The standard InChI is InChI=1S/C11H16N4S/c1-8-11(16-7-13-8)10(12)4-3-9-5-14-15(2)6-9/h5-7,10H,3-4,12H2,1-2H3. The van der Waals surface area contributed by atoms with Crippen molar-refractivity contribution in [1.29, 1.82) is 0 Å². The second-order valence-corrected chi connectivity index (χ2v) is 4.86. The first-order chi connectivity index (χ1) is 7.66. The second kappa shape index (κ2) is 4.76. The topological polar surface area (TPSA) is 56.7 Å². The minimum atomic E-state index is 0.0905. The molecule has 0 aliphatic carbocycles. The Morgan fingerprint density at radius 1 is 1.56 bits per heavy atom. The van der Waals surface area contributed by atoms with Crippen molar-refractivity contribution in [2.45, 2.75) is 25.8 Å². The molecule has 0 saturated heterocycles. The van der Waals surface area contributed by atoms with E-state index in [-0.39, 0.29) is 6.04 Å². The van der Waals surface area contributed by atoms with Gasteiger partial charge in [-0.1, -0.05) is 0 Å². The van der Waals surface area contributed by atoms with Gasteiger partial charge in [0.25, 0.3) is 0 Å². The van der Waals surface area contributed by atoms with Crippen LogP contribution in [0.1, 0.15) is 28.6 Å². The minimum Gasteiger partial charge on any atom is -0.323 e. The summed E-state index contributed by atoms with van der Waals surface area (Å²) in [4.78, 5) is 5.42. The highest BCUT2D eigenvalue weighted by atomic mass is 32.1. The lowest BCUT2D eigenvalue weighted by atomic mass is 10.1. The first-order valence-electron chi connectivity index (χ1n) is 5.30. The number of aryl methyl sites for hydroxylation is 3. The zero-order valence-electron chi connectivity index (χ0n) is 9.55. The van der Waals surface area contributed by atoms with Crippen LogP contribution in [0.4, 0.5) is 0 Å². The van der Waals surface area contributed by atoms with E-state index in [0.29, 0.717) is 0 Å². The van der Waals surface area contributed by atoms with Crippen LogP contribution >= 0.6 is 11.3 Å². The number of hydrogen-bond donors (Lipinski definition) is 1. The van der Waals surface area contributed by atoms with Crippen molar-refractivity contribution < 1.29 is 0 Å². The summed E-state index contributed by atoms with van der Waals surface area (Å²) >= 11 is 1.64. The van der Waals surface area contributed by atoms with Crippen molar-refractivity contribution in [2.75, 3.05) is 0 Å². The molecule has 2 aromatic heterocycles. The molecular weight excluding hydrogens is 220 g/mol. The molecule has 2 rings (SSSR count). The molecular formula is C11H16N4S. The zero-order chi connectivity index (χ0) is 11.5. The minimum absolute atomic E-state index is 0.0905. The lowest BCUT2D eigenvalue weighted by Crippen LogP contribution is -2.10. The molecule has 4 nitrogen and oxygen atoms in total. The van der Waals surface area contributed by atoms with E-state index in [1.54, 1.807) is 11.3 Å². The Morgan fingerprint density at radius 2 is 2.38 bits per heavy atom. The van der Waals surface area contributed by atoms with Crippen LogP contribution in [-0.4, -0.2) is 14.8 Å². The van der Waals surface area contributed by atoms with Crippen LogP contribution in [-0.2, 0) is 13.5 Å². The van der Waals surface area contributed by atoms with Crippen molar-refractivity contribution in [3.8, 4) is 0 Å². The van der Waals surface area contributed by atoms with E-state index in [2.05, 4.69) is 10.1 Å². The molecule has 16 heavy (non-hydrogen) atoms. The molecule has 0 radical (unpaired) electrons. The van der Waals surface area contributed by atoms with E-state index in [0.717, 1.165) is 18.5 Å². The van der Waals surface area contributed by atoms with Crippen molar-refractivity contribution in [3.63, 3.8) is 0 Å². The van der Waals surface area contributed by atoms with Gasteiger partial charge in [-0.2, -0.15) is 5.10 Å². The number of thiazole rings is 1. The maximum absolute atomic E-state index is 6.14. The average molecular weight is 236 g/mol. The van der Waals surface area contributed by atoms with E-state index in [4.69, 9.17) is 5.73 Å². The third-order valence-corrected chi connectivity index (χ3v) is 3.68. The fourth-order valence-electron chi connectivity index (χ4n) is 1.72. The van der Waals surface area contributed by atoms with Gasteiger partial charge in [-0.15, -0.1) is 11.3 Å². The van der Waals surface area contributed by atoms with Crippen LogP contribution in [0.15, 0.2) is 17.9 Å². The number of rotatable bonds is 4. The van der Waals surface area contributed by atoms with Crippen molar-refractivity contribution in [1.82, 2.24) is 14.8 Å². The molecule has 86 valence electrons. The lowest BCUT2D eigenvalue weighted by molar-refractivity contribution is 0.656. The number of nitrogens with zero attached hydrogens (tertiary/aromatic N) is 3. The van der Waals surface area contributed by atoms with Gasteiger partial charge in [-0.05, 0) is 25.3 Å². The van der Waals surface area contributed by atoms with Gasteiger partial charge in [-0.3, -0.25) is 4.68 Å². The smallest absolute Gasteiger partial charge is 0.0798 e. The van der Waals surface area contributed by atoms with E-state index in [1.807, 2.05) is 36.6 Å². The molecule has 0 fully saturated rings. The Balaban J connectivity index is 1.93. The second-order valence-electron chi connectivity index (χ2n) is 3.97. The average Bonchev–Trinajstić information content (AvgIpc) is 2.84. The molecule has 0 spiro atoms. The fourth-order valence-corrected chi connectivity index (χ4v) is 2.56. The van der Waals surface area contributed by atoms with Crippen molar-refractivity contribution in [3.05, 3.63) is 34.0 Å². The molecule has 0 amide bonds. The van der Waals surface area contributed by atoms with Gasteiger partial charge in [0.2, 0.25) is 0 Å². The monoisotopic (exact) mass is 236 g/mol. The Labute approximate surface area is 99.1 Å². The summed E-state index contributed by atoms with van der Waals surface area (Å²) in [6.45, 7) is 2.01. The molecule has 0 aliphatic heterocycles. The predicted molar refractivity (Wildman–Crippen MR) is 65.3 cm³/mol. The van der Waals surface area contributed by atoms with Gasteiger partial charge >= 0.3 is 0 Å². The third kappa shape index (κ3) is 2.48. The molecule has 0 aromatic carbocycles. The van der Waals surface area contributed by atoms with E-state index in [1.165, 1.54) is 10.4 Å². The largest absolute Gasteiger partial charge is 0.323 e. The quantitative estimate of drug-likeness (QED) is 0.881. The van der Waals surface area contributed by atoms with Gasteiger partial charge in [0.15, 0.2) is 0 Å². The van der Waals surface area contributed by atoms with Crippen LogP contribution in [0, 0.1) is 6.92 Å². The Bertz CT molecular complexity index is 460. The molecule has 0 bridgehead atoms. The molecule has 0 aliphatic rings. The Morgan fingerprint density at radius 3 is 2.94 bits per heavy atom. The Kier molecular flexibility index (Phi) is 3.36. The normalized spacial score (nSPS) is 12.9. The summed E-state index contributed by atoms with van der Waals surface area (Å²) < 4.78 is 1.82. The molecule has 2 heterocycles. The van der Waals surface area contributed by atoms with Gasteiger partial charge in [0.1, 0.15) is 0 Å². The molecule has 1 atom stereocenters. The molecule has 1 unspecified atom stereocenters. The van der Waals surface area contributed by atoms with Crippen molar-refractivity contribution >= 4 is 11.3 Å². The number of hydrogen-bond acceptors (Lipinski definition) is 4. The van der Waals surface area contributed by atoms with Crippen LogP contribution < -0.4 is 5.73 Å². The summed E-state index contributed by atoms with van der Waals surface area (Å²) in [6.07, 6.45) is 5.83. The van der Waals surface area contributed by atoms with Crippen LogP contribution in [0.25, 0.3) is 0 Å². The summed E-state index contributed by atoms with van der Waals surface area (Å²) in [7, 11) is 1.93. The SMILES string of the molecule is Cc1ncsc1C(N)CCc1cnn(C)c1. The zero-order valence-corrected chi connectivity index (χ0v) is 10.4. The number of aromatic nitrogens is 3. The molecule has 5 heteroatoms. The lowest BCUT2D eigenvalue weighted by Gasteiger charge is -2.08. The van der Waals surface area contributed by atoms with Crippen LogP contribution in [0.2, 0.25) is 0 Å². The fraction of sp³-hybridized carbons (Fsp3) is 0.455. The van der Waals surface area contributed by atoms with Gasteiger partial charge in [0, 0.05) is 24.2 Å². The highest BCUT2D eigenvalue weighted by Gasteiger charge is 2.11. The molecule has 2 aromatic rings. The van der Waals surface area contributed by atoms with Gasteiger partial charge < -0.3 is 5.73 Å². The summed E-state index contributed by atoms with van der Waals surface area (Å²) in [5.74, 6) is 0. The van der Waals surface area contributed by atoms with Crippen molar-refractivity contribution in [2.24, 2.45) is 12.8 Å². The predicted octanol–water partition coefficient (Wildman–Crippen LogP) is 1.82. The van der Waals surface area contributed by atoms with Gasteiger partial charge in [-0.25, -0.2) is 4.98 Å². The first-order valence-corrected chi connectivity index (χ1v) is 6.18. The third-order valence-electron chi connectivity index (χ3n) is 2.62. The maximum Gasteiger partial charge on any atom is 0.0798 e. The molecule has 0 saturated carbocycles. The van der Waals surface area contributed by atoms with Crippen LogP contribution in [0.5, 0.6) is 0 Å². The number of nitrogens with two attached hydrogens (primary N) is 1. The molecule has 2 N–H and O–H groups in total. The Hall–Kier alpha value is -1.20. The van der Waals surface area contributed by atoms with Crippen LogP contribution in [0.3, 0.4) is 0 Å². The summed E-state index contributed by atoms with van der Waals surface area (Å²) in [6, 6.07) is 0.0905. The van der Waals surface area contributed by atoms with Gasteiger partial charge in [0.05, 0.1) is 17.4 Å². The highest BCUT2D eigenvalue weighted by Crippen LogP contribution is 2.23. The summed E-state index contributed by atoms with van der Waals surface area (Å²) in [5.41, 5.74) is 10.3. The van der Waals surface area contributed by atoms with E-state index < -0.39 is 0 Å². The highest BCUT2D eigenvalue weighted by molar-refractivity contribution is 7.09.